The summed E-state index contributed by atoms with van der Waals surface area (Å²) in [6, 6.07) is 2.52. The van der Waals surface area contributed by atoms with Crippen molar-refractivity contribution in [3.05, 3.63) is 27.9 Å². The molecule has 104 valence electrons. The van der Waals surface area contributed by atoms with Gasteiger partial charge in [0.15, 0.2) is 5.69 Å². The van der Waals surface area contributed by atoms with Crippen molar-refractivity contribution in [3.63, 3.8) is 0 Å². The first kappa shape index (κ1) is 14.9. The lowest BCUT2D eigenvalue weighted by molar-refractivity contribution is -0.384. The van der Waals surface area contributed by atoms with E-state index in [1.165, 1.54) is 19.2 Å². The van der Waals surface area contributed by atoms with Gasteiger partial charge in [0.2, 0.25) is 5.82 Å². The molecular weight excluding hydrogens is 250 g/mol. The van der Waals surface area contributed by atoms with E-state index in [9.17, 15) is 14.9 Å². The number of nitro groups is 1. The van der Waals surface area contributed by atoms with E-state index in [4.69, 9.17) is 0 Å². The third-order valence-electron chi connectivity index (χ3n) is 2.48. The van der Waals surface area contributed by atoms with Crippen LogP contribution in [0.15, 0.2) is 12.1 Å². The van der Waals surface area contributed by atoms with Gasteiger partial charge in [0.05, 0.1) is 12.0 Å². The molecule has 1 aromatic heterocycles. The Morgan fingerprint density at radius 2 is 2.21 bits per heavy atom. The average molecular weight is 267 g/mol. The SMILES string of the molecule is COC(=O)c1ccc([N+](=O)[O-])c(NCCC(C)C)n1. The molecular formula is C12H17N3O4. The van der Waals surface area contributed by atoms with Crippen LogP contribution in [0, 0.1) is 16.0 Å². The Labute approximate surface area is 111 Å². The molecule has 0 saturated heterocycles. The van der Waals surface area contributed by atoms with E-state index in [1.54, 1.807) is 0 Å². The molecule has 0 aliphatic rings. The van der Waals surface area contributed by atoms with Crippen LogP contribution in [0.25, 0.3) is 0 Å². The van der Waals surface area contributed by atoms with Crippen LogP contribution >= 0.6 is 0 Å². The number of hydrogen-bond acceptors (Lipinski definition) is 6. The van der Waals surface area contributed by atoms with E-state index < -0.39 is 10.9 Å². The number of methoxy groups -OCH3 is 1. The summed E-state index contributed by atoms with van der Waals surface area (Å²) in [6.07, 6.45) is 0.848. The number of esters is 1. The zero-order chi connectivity index (χ0) is 14.4. The Balaban J connectivity index is 2.95. The van der Waals surface area contributed by atoms with Gasteiger partial charge >= 0.3 is 11.7 Å². The van der Waals surface area contributed by atoms with Gasteiger partial charge in [0, 0.05) is 12.6 Å². The third kappa shape index (κ3) is 4.20. The molecule has 1 aromatic rings. The van der Waals surface area contributed by atoms with Crippen molar-refractivity contribution in [3.8, 4) is 0 Å². The van der Waals surface area contributed by atoms with Gasteiger partial charge in [0.1, 0.15) is 0 Å². The fraction of sp³-hybridized carbons (Fsp3) is 0.500. The van der Waals surface area contributed by atoms with Gasteiger partial charge in [-0.25, -0.2) is 9.78 Å². The number of ether oxygens (including phenoxy) is 1. The van der Waals surface area contributed by atoms with Gasteiger partial charge in [0.25, 0.3) is 0 Å². The Hall–Kier alpha value is -2.18. The van der Waals surface area contributed by atoms with Crippen molar-refractivity contribution in [1.82, 2.24) is 4.98 Å². The molecule has 0 fully saturated rings. The standard InChI is InChI=1S/C12H17N3O4/c1-8(2)6-7-13-11-10(15(17)18)5-4-9(14-11)12(16)19-3/h4-5,8H,6-7H2,1-3H3,(H,13,14). The molecule has 1 N–H and O–H groups in total. The lowest BCUT2D eigenvalue weighted by Crippen LogP contribution is -2.11. The fourth-order valence-corrected chi connectivity index (χ4v) is 1.43. The van der Waals surface area contributed by atoms with Gasteiger partial charge in [-0.05, 0) is 18.4 Å². The molecule has 1 rings (SSSR count). The lowest BCUT2D eigenvalue weighted by Gasteiger charge is -2.09. The second-order valence-corrected chi connectivity index (χ2v) is 4.42. The summed E-state index contributed by atoms with van der Waals surface area (Å²) in [5.74, 6) is -0.0642. The molecule has 0 radical (unpaired) electrons. The number of nitrogens with one attached hydrogen (secondary N) is 1. The number of aromatic nitrogens is 1. The molecule has 0 aliphatic carbocycles. The molecule has 0 amide bonds. The normalized spacial score (nSPS) is 10.3. The summed E-state index contributed by atoms with van der Waals surface area (Å²) in [7, 11) is 1.23. The summed E-state index contributed by atoms with van der Waals surface area (Å²) >= 11 is 0. The van der Waals surface area contributed by atoms with E-state index in [2.05, 4.69) is 15.0 Å². The number of nitrogens with zero attached hydrogens (tertiary/aromatic N) is 2. The molecule has 19 heavy (non-hydrogen) atoms. The van der Waals surface area contributed by atoms with Crippen LogP contribution in [-0.2, 0) is 4.74 Å². The van der Waals surface area contributed by atoms with Crippen LogP contribution in [-0.4, -0.2) is 29.5 Å². The molecule has 7 nitrogen and oxygen atoms in total. The van der Waals surface area contributed by atoms with Crippen LogP contribution in [0.5, 0.6) is 0 Å². The fourth-order valence-electron chi connectivity index (χ4n) is 1.43. The van der Waals surface area contributed by atoms with Gasteiger partial charge < -0.3 is 10.1 Å². The Bertz CT molecular complexity index is 474. The molecule has 7 heteroatoms. The summed E-state index contributed by atoms with van der Waals surface area (Å²) in [5, 5.41) is 13.8. The van der Waals surface area contributed by atoms with Gasteiger partial charge in [-0.3, -0.25) is 10.1 Å². The Morgan fingerprint density at radius 1 is 1.53 bits per heavy atom. The van der Waals surface area contributed by atoms with Crippen molar-refractivity contribution >= 4 is 17.5 Å². The smallest absolute Gasteiger partial charge is 0.356 e. The average Bonchev–Trinajstić information content (AvgIpc) is 2.37. The molecule has 0 saturated carbocycles. The highest BCUT2D eigenvalue weighted by Crippen LogP contribution is 2.22. The monoisotopic (exact) mass is 267 g/mol. The van der Waals surface area contributed by atoms with Crippen LogP contribution in [0.1, 0.15) is 30.8 Å². The largest absolute Gasteiger partial charge is 0.464 e. The molecule has 0 bridgehead atoms. The number of anilines is 1. The molecule has 1 heterocycles. The number of hydrogen-bond donors (Lipinski definition) is 1. The molecule has 0 atom stereocenters. The van der Waals surface area contributed by atoms with Crippen molar-refractivity contribution in [2.45, 2.75) is 20.3 Å². The molecule has 0 unspecified atom stereocenters. The minimum atomic E-state index is -0.623. The lowest BCUT2D eigenvalue weighted by atomic mass is 10.1. The first-order chi connectivity index (χ1) is 8.95. The second-order valence-electron chi connectivity index (χ2n) is 4.42. The maximum absolute atomic E-state index is 11.3. The topological polar surface area (TPSA) is 94.4 Å². The number of carbonyl (C=O) groups is 1. The third-order valence-corrected chi connectivity index (χ3v) is 2.48. The zero-order valence-corrected chi connectivity index (χ0v) is 11.2. The molecule has 0 aliphatic heterocycles. The summed E-state index contributed by atoms with van der Waals surface area (Å²) < 4.78 is 4.54. The highest BCUT2D eigenvalue weighted by molar-refractivity contribution is 5.88. The summed E-state index contributed by atoms with van der Waals surface area (Å²) in [5.41, 5.74) is -0.114. The minimum absolute atomic E-state index is 0.0418. The van der Waals surface area contributed by atoms with Crippen LogP contribution in [0.3, 0.4) is 0 Å². The van der Waals surface area contributed by atoms with Crippen LogP contribution in [0.4, 0.5) is 11.5 Å². The predicted molar refractivity (Wildman–Crippen MR) is 70.2 cm³/mol. The number of carbonyl (C=O) groups excluding carboxylic acids is 1. The van der Waals surface area contributed by atoms with Crippen molar-refractivity contribution < 1.29 is 14.5 Å². The first-order valence-electron chi connectivity index (χ1n) is 5.93. The summed E-state index contributed by atoms with van der Waals surface area (Å²) in [6.45, 7) is 4.65. The second kappa shape index (κ2) is 6.67. The zero-order valence-electron chi connectivity index (χ0n) is 11.2. The van der Waals surface area contributed by atoms with Crippen molar-refractivity contribution in [1.29, 1.82) is 0 Å². The predicted octanol–water partition coefficient (Wildman–Crippen LogP) is 2.23. The van der Waals surface area contributed by atoms with Gasteiger partial charge in [-0.1, -0.05) is 13.8 Å². The maximum Gasteiger partial charge on any atom is 0.356 e. The quantitative estimate of drug-likeness (QED) is 0.482. The van der Waals surface area contributed by atoms with Crippen molar-refractivity contribution in [2.24, 2.45) is 5.92 Å². The van der Waals surface area contributed by atoms with Crippen LogP contribution in [0.2, 0.25) is 0 Å². The Kier molecular flexibility index (Phi) is 5.23. The Morgan fingerprint density at radius 3 is 2.74 bits per heavy atom. The van der Waals surface area contributed by atoms with E-state index in [1.807, 2.05) is 13.8 Å². The van der Waals surface area contributed by atoms with Crippen molar-refractivity contribution in [2.75, 3.05) is 19.0 Å². The number of pyridine rings is 1. The van der Waals surface area contributed by atoms with E-state index in [0.29, 0.717) is 12.5 Å². The highest BCUT2D eigenvalue weighted by Gasteiger charge is 2.18. The molecule has 0 aromatic carbocycles. The number of rotatable bonds is 6. The first-order valence-corrected chi connectivity index (χ1v) is 5.93. The summed E-state index contributed by atoms with van der Waals surface area (Å²) in [4.78, 5) is 25.6. The van der Waals surface area contributed by atoms with Gasteiger partial charge in [-0.2, -0.15) is 0 Å². The molecule has 0 spiro atoms. The van der Waals surface area contributed by atoms with E-state index in [0.717, 1.165) is 6.42 Å². The van der Waals surface area contributed by atoms with Crippen LogP contribution < -0.4 is 5.32 Å². The maximum atomic E-state index is 11.3. The highest BCUT2D eigenvalue weighted by atomic mass is 16.6. The van der Waals surface area contributed by atoms with E-state index in [-0.39, 0.29) is 17.2 Å². The minimum Gasteiger partial charge on any atom is -0.464 e. The van der Waals surface area contributed by atoms with E-state index >= 15 is 0 Å². The van der Waals surface area contributed by atoms with Gasteiger partial charge in [-0.15, -0.1) is 0 Å².